The number of halogens is 1. The third-order valence-corrected chi connectivity index (χ3v) is 3.16. The molecule has 0 saturated carbocycles. The van der Waals surface area contributed by atoms with Gasteiger partial charge in [0.1, 0.15) is 5.82 Å². The van der Waals surface area contributed by atoms with Gasteiger partial charge in [-0.25, -0.2) is 9.18 Å². The third kappa shape index (κ3) is 2.61. The summed E-state index contributed by atoms with van der Waals surface area (Å²) in [7, 11) is 0. The number of hydrogen-bond donors (Lipinski definition) is 2. The topological polar surface area (TPSA) is 52.6 Å². The van der Waals surface area contributed by atoms with Gasteiger partial charge in [-0.15, -0.1) is 0 Å². The largest absolute Gasteiger partial charge is 0.396 e. The number of nitrogens with one attached hydrogen (secondary N) is 1. The first-order valence-corrected chi connectivity index (χ1v) is 6.04. The summed E-state index contributed by atoms with van der Waals surface area (Å²) < 4.78 is 13.2. The highest BCUT2D eigenvalue weighted by atomic mass is 19.1. The molecule has 4 nitrogen and oxygen atoms in total. The normalized spacial score (nSPS) is 19.2. The second-order valence-corrected chi connectivity index (χ2v) is 4.53. The molecule has 1 aromatic rings. The van der Waals surface area contributed by atoms with Gasteiger partial charge in [0.05, 0.1) is 6.04 Å². The van der Waals surface area contributed by atoms with Crippen LogP contribution in [-0.4, -0.2) is 35.7 Å². The lowest BCUT2D eigenvalue weighted by atomic mass is 10.0. The average Bonchev–Trinajstić information content (AvgIpc) is 2.72. The van der Waals surface area contributed by atoms with Crippen LogP contribution >= 0.6 is 0 Å². The fraction of sp³-hybridized carbons (Fsp3) is 0.462. The minimum absolute atomic E-state index is 0.0735. The van der Waals surface area contributed by atoms with Crippen LogP contribution < -0.4 is 5.32 Å². The molecule has 0 aliphatic carbocycles. The molecule has 1 aliphatic heterocycles. The summed E-state index contributed by atoms with van der Waals surface area (Å²) >= 11 is 0. The van der Waals surface area contributed by atoms with E-state index in [1.165, 1.54) is 6.07 Å². The number of rotatable bonds is 4. The molecule has 98 valence electrons. The number of aliphatic hydroxyl groups excluding tert-OH is 1. The maximum absolute atomic E-state index is 13.2. The number of amides is 2. The highest BCUT2D eigenvalue weighted by Crippen LogP contribution is 2.22. The first-order valence-electron chi connectivity index (χ1n) is 6.04. The highest BCUT2D eigenvalue weighted by Gasteiger charge is 2.29. The first kappa shape index (κ1) is 12.8. The predicted molar refractivity (Wildman–Crippen MR) is 65.7 cm³/mol. The third-order valence-electron chi connectivity index (χ3n) is 3.16. The molecule has 1 saturated heterocycles. The molecule has 1 aliphatic rings. The monoisotopic (exact) mass is 252 g/mol. The van der Waals surface area contributed by atoms with Crippen molar-refractivity contribution in [1.29, 1.82) is 0 Å². The molecule has 1 fully saturated rings. The van der Waals surface area contributed by atoms with Gasteiger partial charge in [-0.05, 0) is 30.5 Å². The number of carbonyl (C=O) groups excluding carboxylic acids is 1. The zero-order chi connectivity index (χ0) is 13.1. The van der Waals surface area contributed by atoms with Crippen LogP contribution in [0.2, 0.25) is 0 Å². The summed E-state index contributed by atoms with van der Waals surface area (Å²) in [5.74, 6) is -0.236. The van der Waals surface area contributed by atoms with E-state index in [1.54, 1.807) is 24.0 Å². The molecule has 0 bridgehead atoms. The molecule has 0 spiro atoms. The average molecular weight is 252 g/mol. The van der Waals surface area contributed by atoms with Crippen molar-refractivity contribution >= 4 is 6.03 Å². The summed E-state index contributed by atoms with van der Waals surface area (Å²) in [5.41, 5.74) is 1.49. The summed E-state index contributed by atoms with van der Waals surface area (Å²) in [6, 6.07) is 4.65. The van der Waals surface area contributed by atoms with Gasteiger partial charge >= 0.3 is 6.03 Å². The van der Waals surface area contributed by atoms with Crippen molar-refractivity contribution in [3.8, 4) is 0 Å². The molecule has 1 unspecified atom stereocenters. The highest BCUT2D eigenvalue weighted by molar-refractivity contribution is 5.77. The zero-order valence-corrected chi connectivity index (χ0v) is 10.3. The van der Waals surface area contributed by atoms with Crippen LogP contribution in [-0.2, 0) is 0 Å². The molecule has 2 N–H and O–H groups in total. The van der Waals surface area contributed by atoms with E-state index in [1.807, 2.05) is 0 Å². The van der Waals surface area contributed by atoms with E-state index < -0.39 is 0 Å². The Labute approximate surface area is 105 Å². The van der Waals surface area contributed by atoms with Crippen LogP contribution in [0.25, 0.3) is 0 Å². The Balaban J connectivity index is 2.07. The maximum atomic E-state index is 13.2. The maximum Gasteiger partial charge on any atom is 0.318 e. The van der Waals surface area contributed by atoms with Crippen molar-refractivity contribution in [2.24, 2.45) is 0 Å². The Morgan fingerprint density at radius 1 is 1.56 bits per heavy atom. The molecule has 18 heavy (non-hydrogen) atoms. The number of benzene rings is 1. The second-order valence-electron chi connectivity index (χ2n) is 4.53. The molecule has 1 aromatic carbocycles. The molecule has 1 atom stereocenters. The Hall–Kier alpha value is -1.62. The number of aryl methyl sites for hydroxylation is 1. The summed E-state index contributed by atoms with van der Waals surface area (Å²) in [6.45, 7) is 2.88. The van der Waals surface area contributed by atoms with Crippen LogP contribution in [0.4, 0.5) is 9.18 Å². The van der Waals surface area contributed by atoms with E-state index in [2.05, 4.69) is 5.32 Å². The predicted octanol–water partition coefficient (Wildman–Crippen LogP) is 1.58. The van der Waals surface area contributed by atoms with E-state index >= 15 is 0 Å². The number of carbonyl (C=O) groups is 1. The van der Waals surface area contributed by atoms with Gasteiger partial charge in [0.2, 0.25) is 0 Å². The van der Waals surface area contributed by atoms with Gasteiger partial charge in [-0.3, -0.25) is 0 Å². The number of aliphatic hydroxyl groups is 1. The quantitative estimate of drug-likeness (QED) is 0.855. The minimum Gasteiger partial charge on any atom is -0.396 e. The van der Waals surface area contributed by atoms with Gasteiger partial charge in [-0.2, -0.15) is 0 Å². The van der Waals surface area contributed by atoms with Crippen molar-refractivity contribution in [2.75, 3.05) is 19.7 Å². The van der Waals surface area contributed by atoms with Crippen molar-refractivity contribution in [3.63, 3.8) is 0 Å². The van der Waals surface area contributed by atoms with E-state index in [4.69, 9.17) is 5.11 Å². The molecule has 2 rings (SSSR count). The Morgan fingerprint density at radius 3 is 3.00 bits per heavy atom. The lowest BCUT2D eigenvalue weighted by Gasteiger charge is -2.14. The van der Waals surface area contributed by atoms with Crippen molar-refractivity contribution in [3.05, 3.63) is 35.1 Å². The molecule has 2 amide bonds. The Bertz CT molecular complexity index is 451. The van der Waals surface area contributed by atoms with E-state index in [0.29, 0.717) is 25.1 Å². The van der Waals surface area contributed by atoms with Gasteiger partial charge in [0.25, 0.3) is 0 Å². The summed E-state index contributed by atoms with van der Waals surface area (Å²) in [6.07, 6.45) is 0.572. The van der Waals surface area contributed by atoms with Gasteiger partial charge in [0.15, 0.2) is 0 Å². The fourth-order valence-corrected chi connectivity index (χ4v) is 2.12. The molecular weight excluding hydrogens is 235 g/mol. The fourth-order valence-electron chi connectivity index (χ4n) is 2.12. The van der Waals surface area contributed by atoms with Crippen LogP contribution in [0.1, 0.15) is 23.6 Å². The molecule has 1 heterocycles. The van der Waals surface area contributed by atoms with Crippen LogP contribution in [0.3, 0.4) is 0 Å². The standard InChI is InChI=1S/C13H17FN2O2/c1-9-7-10(3-4-11(9)14)12-8-16(5-2-6-17)13(18)15-12/h3-4,7,12,17H,2,5-6,8H2,1H3,(H,15,18). The molecular formula is C13H17FN2O2. The number of nitrogens with zero attached hydrogens (tertiary/aromatic N) is 1. The van der Waals surface area contributed by atoms with E-state index in [0.717, 1.165) is 5.56 Å². The van der Waals surface area contributed by atoms with Crippen LogP contribution in [0.5, 0.6) is 0 Å². The van der Waals surface area contributed by atoms with E-state index in [9.17, 15) is 9.18 Å². The van der Waals surface area contributed by atoms with Crippen molar-refractivity contribution in [2.45, 2.75) is 19.4 Å². The Kier molecular flexibility index (Phi) is 3.81. The molecule has 0 aromatic heterocycles. The first-order chi connectivity index (χ1) is 8.61. The number of urea groups is 1. The Morgan fingerprint density at radius 2 is 2.33 bits per heavy atom. The van der Waals surface area contributed by atoms with Crippen LogP contribution in [0.15, 0.2) is 18.2 Å². The summed E-state index contributed by atoms with van der Waals surface area (Å²) in [5, 5.41) is 11.6. The van der Waals surface area contributed by atoms with Crippen LogP contribution in [0, 0.1) is 12.7 Å². The van der Waals surface area contributed by atoms with E-state index in [-0.39, 0.29) is 24.5 Å². The SMILES string of the molecule is Cc1cc(C2CN(CCCO)C(=O)N2)ccc1F. The minimum atomic E-state index is -0.236. The molecule has 0 radical (unpaired) electrons. The zero-order valence-electron chi connectivity index (χ0n) is 10.3. The smallest absolute Gasteiger partial charge is 0.318 e. The van der Waals surface area contributed by atoms with Gasteiger partial charge in [0, 0.05) is 19.7 Å². The van der Waals surface area contributed by atoms with Crippen molar-refractivity contribution < 1.29 is 14.3 Å². The lowest BCUT2D eigenvalue weighted by Crippen LogP contribution is -2.29. The van der Waals surface area contributed by atoms with Gasteiger partial charge < -0.3 is 15.3 Å². The second kappa shape index (κ2) is 5.35. The number of hydrogen-bond acceptors (Lipinski definition) is 2. The molecule has 5 heteroatoms. The van der Waals surface area contributed by atoms with Gasteiger partial charge in [-0.1, -0.05) is 12.1 Å². The van der Waals surface area contributed by atoms with Crippen molar-refractivity contribution in [1.82, 2.24) is 10.2 Å². The summed E-state index contributed by atoms with van der Waals surface area (Å²) in [4.78, 5) is 13.3. The lowest BCUT2D eigenvalue weighted by molar-refractivity contribution is 0.209.